The van der Waals surface area contributed by atoms with Crippen molar-refractivity contribution in [2.45, 2.75) is 32.6 Å². The molecule has 2 rings (SSSR count). The van der Waals surface area contributed by atoms with Crippen LogP contribution in [0.5, 0.6) is 0 Å². The average Bonchev–Trinajstić information content (AvgIpc) is 2.93. The van der Waals surface area contributed by atoms with Gasteiger partial charge in [0.2, 0.25) is 0 Å². The predicted molar refractivity (Wildman–Crippen MR) is 49.7 cm³/mol. The van der Waals surface area contributed by atoms with Crippen LogP contribution in [0.15, 0.2) is 24.3 Å². The van der Waals surface area contributed by atoms with Gasteiger partial charge in [-0.25, -0.2) is 4.39 Å². The van der Waals surface area contributed by atoms with E-state index >= 15 is 0 Å². The number of halogens is 1. The fraction of sp³-hybridized carbons (Fsp3) is 0.455. The van der Waals surface area contributed by atoms with Gasteiger partial charge >= 0.3 is 0 Å². The minimum atomic E-state index is -0.135. The SMILES string of the molecule is CC.Fc1ccc(C2CC2)cc1. The Morgan fingerprint density at radius 3 is 2.00 bits per heavy atom. The molecule has 1 aliphatic carbocycles. The largest absolute Gasteiger partial charge is 0.207 e. The summed E-state index contributed by atoms with van der Waals surface area (Å²) in [4.78, 5) is 0. The van der Waals surface area contributed by atoms with Crippen LogP contribution in [0.2, 0.25) is 0 Å². The molecule has 0 aromatic heterocycles. The van der Waals surface area contributed by atoms with E-state index in [4.69, 9.17) is 0 Å². The third-order valence-electron chi connectivity index (χ3n) is 1.92. The zero-order chi connectivity index (χ0) is 8.97. The van der Waals surface area contributed by atoms with Gasteiger partial charge in [-0.05, 0) is 36.5 Å². The fourth-order valence-electron chi connectivity index (χ4n) is 1.15. The van der Waals surface area contributed by atoms with Crippen molar-refractivity contribution in [1.82, 2.24) is 0 Å². The Labute approximate surface area is 73.4 Å². The number of hydrogen-bond donors (Lipinski definition) is 0. The van der Waals surface area contributed by atoms with Crippen LogP contribution >= 0.6 is 0 Å². The Kier molecular flexibility index (Phi) is 3.27. The van der Waals surface area contributed by atoms with Crippen molar-refractivity contribution >= 4 is 0 Å². The van der Waals surface area contributed by atoms with E-state index in [1.165, 1.54) is 30.5 Å². The lowest BCUT2D eigenvalue weighted by atomic mass is 10.1. The van der Waals surface area contributed by atoms with Crippen molar-refractivity contribution in [3.05, 3.63) is 35.6 Å². The van der Waals surface area contributed by atoms with Gasteiger partial charge in [0.25, 0.3) is 0 Å². The van der Waals surface area contributed by atoms with E-state index in [0.717, 1.165) is 5.92 Å². The van der Waals surface area contributed by atoms with E-state index in [0.29, 0.717) is 0 Å². The van der Waals surface area contributed by atoms with Gasteiger partial charge in [-0.2, -0.15) is 0 Å². The quantitative estimate of drug-likeness (QED) is 0.596. The molecule has 0 unspecified atom stereocenters. The van der Waals surface area contributed by atoms with Gasteiger partial charge in [0.05, 0.1) is 0 Å². The molecule has 66 valence electrons. The lowest BCUT2D eigenvalue weighted by Crippen LogP contribution is -1.78. The van der Waals surface area contributed by atoms with Crippen molar-refractivity contribution in [2.75, 3.05) is 0 Å². The van der Waals surface area contributed by atoms with Crippen molar-refractivity contribution in [3.63, 3.8) is 0 Å². The molecule has 1 heteroatoms. The summed E-state index contributed by atoms with van der Waals surface area (Å²) in [6, 6.07) is 6.83. The lowest BCUT2D eigenvalue weighted by molar-refractivity contribution is 0.627. The van der Waals surface area contributed by atoms with Gasteiger partial charge in [-0.3, -0.25) is 0 Å². The Morgan fingerprint density at radius 2 is 1.58 bits per heavy atom. The molecule has 0 heterocycles. The summed E-state index contributed by atoms with van der Waals surface area (Å²) in [5, 5.41) is 0. The highest BCUT2D eigenvalue weighted by atomic mass is 19.1. The van der Waals surface area contributed by atoms with Crippen molar-refractivity contribution in [2.24, 2.45) is 0 Å². The van der Waals surface area contributed by atoms with Crippen LogP contribution in [-0.2, 0) is 0 Å². The first-order chi connectivity index (χ1) is 5.86. The summed E-state index contributed by atoms with van der Waals surface area (Å²) in [7, 11) is 0. The molecule has 12 heavy (non-hydrogen) atoms. The molecule has 0 spiro atoms. The molecule has 0 saturated heterocycles. The zero-order valence-corrected chi connectivity index (χ0v) is 7.68. The smallest absolute Gasteiger partial charge is 0.123 e. The lowest BCUT2D eigenvalue weighted by Gasteiger charge is -1.94. The standard InChI is InChI=1S/C9H9F.C2H6/c10-9-5-3-8(4-6-9)7-1-2-7;1-2/h3-7H,1-2H2;1-2H3. The van der Waals surface area contributed by atoms with E-state index in [1.54, 1.807) is 0 Å². The minimum Gasteiger partial charge on any atom is -0.207 e. The van der Waals surface area contributed by atoms with E-state index in [2.05, 4.69) is 0 Å². The molecule has 0 radical (unpaired) electrons. The van der Waals surface area contributed by atoms with Crippen molar-refractivity contribution in [1.29, 1.82) is 0 Å². The second kappa shape index (κ2) is 4.24. The first kappa shape index (κ1) is 9.24. The van der Waals surface area contributed by atoms with Crippen molar-refractivity contribution in [3.8, 4) is 0 Å². The number of benzene rings is 1. The topological polar surface area (TPSA) is 0 Å². The minimum absolute atomic E-state index is 0.135. The maximum absolute atomic E-state index is 12.4. The van der Waals surface area contributed by atoms with Crippen LogP contribution in [0.1, 0.15) is 38.2 Å². The van der Waals surface area contributed by atoms with Crippen LogP contribution in [0.25, 0.3) is 0 Å². The third kappa shape index (κ3) is 2.33. The second-order valence-corrected chi connectivity index (χ2v) is 2.83. The van der Waals surface area contributed by atoms with Gasteiger partial charge in [-0.1, -0.05) is 26.0 Å². The van der Waals surface area contributed by atoms with Crippen LogP contribution in [0.4, 0.5) is 4.39 Å². The Balaban J connectivity index is 0.000000336. The summed E-state index contributed by atoms with van der Waals surface area (Å²) < 4.78 is 12.4. The summed E-state index contributed by atoms with van der Waals surface area (Å²) in [6.45, 7) is 4.00. The van der Waals surface area contributed by atoms with E-state index in [1.807, 2.05) is 26.0 Å². The first-order valence-electron chi connectivity index (χ1n) is 4.62. The van der Waals surface area contributed by atoms with Gasteiger partial charge in [-0.15, -0.1) is 0 Å². The summed E-state index contributed by atoms with van der Waals surface area (Å²) in [5.41, 5.74) is 1.29. The maximum atomic E-state index is 12.4. The predicted octanol–water partition coefficient (Wildman–Crippen LogP) is 3.73. The molecule has 1 aromatic carbocycles. The molecule has 1 aliphatic rings. The van der Waals surface area contributed by atoms with E-state index < -0.39 is 0 Å². The molecule has 1 saturated carbocycles. The van der Waals surface area contributed by atoms with Gasteiger partial charge in [0.1, 0.15) is 5.82 Å². The molecule has 0 amide bonds. The molecular weight excluding hydrogens is 151 g/mol. The van der Waals surface area contributed by atoms with Gasteiger partial charge in [0.15, 0.2) is 0 Å². The zero-order valence-electron chi connectivity index (χ0n) is 7.68. The third-order valence-corrected chi connectivity index (χ3v) is 1.92. The van der Waals surface area contributed by atoms with Gasteiger partial charge in [0, 0.05) is 0 Å². The normalized spacial score (nSPS) is 14.9. The van der Waals surface area contributed by atoms with Crippen LogP contribution in [0.3, 0.4) is 0 Å². The number of rotatable bonds is 1. The fourth-order valence-corrected chi connectivity index (χ4v) is 1.15. The average molecular weight is 166 g/mol. The Morgan fingerprint density at radius 1 is 1.08 bits per heavy atom. The molecule has 0 aliphatic heterocycles. The summed E-state index contributed by atoms with van der Waals surface area (Å²) in [5.74, 6) is 0.602. The Bertz CT molecular complexity index is 221. The molecule has 0 bridgehead atoms. The molecule has 1 fully saturated rings. The molecule has 0 atom stereocenters. The summed E-state index contributed by atoms with van der Waals surface area (Å²) in [6.07, 6.45) is 2.57. The molecule has 0 N–H and O–H groups in total. The Hall–Kier alpha value is -0.850. The van der Waals surface area contributed by atoms with E-state index in [9.17, 15) is 4.39 Å². The monoisotopic (exact) mass is 166 g/mol. The first-order valence-corrected chi connectivity index (χ1v) is 4.62. The van der Waals surface area contributed by atoms with Crippen molar-refractivity contribution < 1.29 is 4.39 Å². The molecule has 0 nitrogen and oxygen atoms in total. The molecular formula is C11H15F. The van der Waals surface area contributed by atoms with Crippen LogP contribution in [-0.4, -0.2) is 0 Å². The number of hydrogen-bond acceptors (Lipinski definition) is 0. The highest BCUT2D eigenvalue weighted by Gasteiger charge is 2.22. The highest BCUT2D eigenvalue weighted by molar-refractivity contribution is 5.23. The second-order valence-electron chi connectivity index (χ2n) is 2.83. The van der Waals surface area contributed by atoms with Crippen LogP contribution < -0.4 is 0 Å². The summed E-state index contributed by atoms with van der Waals surface area (Å²) >= 11 is 0. The maximum Gasteiger partial charge on any atom is 0.123 e. The van der Waals surface area contributed by atoms with Gasteiger partial charge < -0.3 is 0 Å². The highest BCUT2D eigenvalue weighted by Crippen LogP contribution is 2.39. The van der Waals surface area contributed by atoms with Crippen LogP contribution in [0, 0.1) is 5.82 Å². The van der Waals surface area contributed by atoms with E-state index in [-0.39, 0.29) is 5.82 Å². The molecule has 1 aromatic rings.